The Morgan fingerprint density at radius 1 is 1.09 bits per heavy atom. The number of hydrogen-bond acceptors (Lipinski definition) is 10. The van der Waals surface area contributed by atoms with Gasteiger partial charge >= 0.3 is 11.4 Å². The number of anilines is 1. The number of rotatable bonds is 9. The van der Waals surface area contributed by atoms with Gasteiger partial charge in [0.2, 0.25) is 5.82 Å². The van der Waals surface area contributed by atoms with Crippen LogP contribution in [0, 0.1) is 20.2 Å². The maximum Gasteiger partial charge on any atom is 0.319 e. The van der Waals surface area contributed by atoms with Crippen molar-refractivity contribution in [2.75, 3.05) is 11.8 Å². The minimum absolute atomic E-state index is 0.0418. The molecule has 0 bridgehead atoms. The molecule has 0 saturated carbocycles. The second-order valence-corrected chi connectivity index (χ2v) is 8.73. The van der Waals surface area contributed by atoms with E-state index < -0.39 is 41.9 Å². The standard InChI is InChI=1S/C18H14BrN5O8S/c1-31-16-13(23(25)26)7-12(8-14(16)24(27)28)33(29,30)22-17-18(21-15(19)9-20-17)32-10-11-5-3-2-4-6-11/h2-9H,10H2,1H3,(H,20,22). The van der Waals surface area contributed by atoms with Crippen LogP contribution in [-0.2, 0) is 16.6 Å². The van der Waals surface area contributed by atoms with Gasteiger partial charge in [-0.25, -0.2) is 18.4 Å². The molecule has 13 nitrogen and oxygen atoms in total. The van der Waals surface area contributed by atoms with Crippen molar-refractivity contribution in [2.24, 2.45) is 0 Å². The molecule has 3 aromatic rings. The highest BCUT2D eigenvalue weighted by Gasteiger charge is 2.32. The number of nitro benzene ring substituents is 2. The van der Waals surface area contributed by atoms with Gasteiger partial charge < -0.3 is 9.47 Å². The number of methoxy groups -OCH3 is 1. The summed E-state index contributed by atoms with van der Waals surface area (Å²) in [7, 11) is -3.59. The highest BCUT2D eigenvalue weighted by Crippen LogP contribution is 2.39. The van der Waals surface area contributed by atoms with E-state index in [4.69, 9.17) is 9.47 Å². The molecule has 0 aliphatic rings. The van der Waals surface area contributed by atoms with E-state index in [9.17, 15) is 28.6 Å². The Bertz CT molecular complexity index is 1290. The van der Waals surface area contributed by atoms with Crippen molar-refractivity contribution in [1.82, 2.24) is 9.97 Å². The lowest BCUT2D eigenvalue weighted by molar-refractivity contribution is -0.396. The van der Waals surface area contributed by atoms with Crippen LogP contribution in [0.15, 0.2) is 58.2 Å². The first kappa shape index (κ1) is 23.8. The van der Waals surface area contributed by atoms with Crippen LogP contribution in [0.3, 0.4) is 0 Å². The largest absolute Gasteiger partial charge is 0.485 e. The third-order valence-corrected chi connectivity index (χ3v) is 5.79. The van der Waals surface area contributed by atoms with Gasteiger partial charge in [0.25, 0.3) is 21.7 Å². The highest BCUT2D eigenvalue weighted by atomic mass is 79.9. The van der Waals surface area contributed by atoms with Gasteiger partial charge in [-0.15, -0.1) is 0 Å². The van der Waals surface area contributed by atoms with Crippen LogP contribution in [0.2, 0.25) is 0 Å². The normalized spacial score (nSPS) is 11.0. The molecule has 1 N–H and O–H groups in total. The van der Waals surface area contributed by atoms with Crippen molar-refractivity contribution >= 4 is 43.1 Å². The van der Waals surface area contributed by atoms with Crippen LogP contribution < -0.4 is 14.2 Å². The summed E-state index contributed by atoms with van der Waals surface area (Å²) in [6.45, 7) is 0.0418. The molecular formula is C18H14BrN5O8S. The van der Waals surface area contributed by atoms with E-state index in [1.54, 1.807) is 24.3 Å². The number of halogens is 1. The molecule has 15 heteroatoms. The summed E-state index contributed by atoms with van der Waals surface area (Å²) in [6.07, 6.45) is 1.20. The third-order valence-electron chi connectivity index (χ3n) is 4.09. The number of ether oxygens (including phenoxy) is 2. The van der Waals surface area contributed by atoms with E-state index >= 15 is 0 Å². The predicted octanol–water partition coefficient (Wildman–Crippen LogP) is 3.44. The minimum Gasteiger partial charge on any atom is -0.485 e. The lowest BCUT2D eigenvalue weighted by Crippen LogP contribution is -2.16. The molecule has 0 aliphatic heterocycles. The molecule has 0 aliphatic carbocycles. The Morgan fingerprint density at radius 2 is 1.70 bits per heavy atom. The van der Waals surface area contributed by atoms with Gasteiger partial charge in [0, 0.05) is 12.1 Å². The molecule has 3 rings (SSSR count). The van der Waals surface area contributed by atoms with Gasteiger partial charge in [-0.3, -0.25) is 25.0 Å². The molecule has 1 heterocycles. The first-order valence-electron chi connectivity index (χ1n) is 8.85. The second kappa shape index (κ2) is 9.74. The zero-order valence-electron chi connectivity index (χ0n) is 16.7. The topological polar surface area (TPSA) is 177 Å². The average molecular weight is 540 g/mol. The van der Waals surface area contributed by atoms with Crippen LogP contribution in [0.4, 0.5) is 17.2 Å². The molecule has 0 fully saturated rings. The SMILES string of the molecule is COc1c([N+](=O)[O-])cc(S(=O)(=O)Nc2ncc(Br)nc2OCc2ccccc2)cc1[N+](=O)[O-]. The monoisotopic (exact) mass is 539 g/mol. The molecule has 172 valence electrons. The lowest BCUT2D eigenvalue weighted by Gasteiger charge is -2.13. The van der Waals surface area contributed by atoms with Crippen molar-refractivity contribution in [3.05, 3.63) is 79.1 Å². The minimum atomic E-state index is -4.58. The third kappa shape index (κ3) is 5.50. The summed E-state index contributed by atoms with van der Waals surface area (Å²) in [4.78, 5) is 28.0. The summed E-state index contributed by atoms with van der Waals surface area (Å²) in [5.41, 5.74) is -1.02. The van der Waals surface area contributed by atoms with Gasteiger partial charge in [0.15, 0.2) is 0 Å². The molecule has 0 radical (unpaired) electrons. The number of benzene rings is 2. The van der Waals surface area contributed by atoms with E-state index in [1.807, 2.05) is 6.07 Å². The number of sulfonamides is 1. The number of nitrogens with zero attached hydrogens (tertiary/aromatic N) is 4. The number of hydrogen-bond donors (Lipinski definition) is 1. The smallest absolute Gasteiger partial charge is 0.319 e. The van der Waals surface area contributed by atoms with Crippen molar-refractivity contribution in [3.63, 3.8) is 0 Å². The Hall–Kier alpha value is -3.85. The van der Waals surface area contributed by atoms with E-state index in [1.165, 1.54) is 6.20 Å². The fourth-order valence-corrected chi connectivity index (χ4v) is 3.95. The lowest BCUT2D eigenvalue weighted by atomic mass is 10.2. The number of nitro groups is 2. The van der Waals surface area contributed by atoms with Crippen LogP contribution in [-0.4, -0.2) is 35.3 Å². The zero-order chi connectivity index (χ0) is 24.2. The molecule has 33 heavy (non-hydrogen) atoms. The first-order valence-corrected chi connectivity index (χ1v) is 11.1. The number of nitrogens with one attached hydrogen (secondary N) is 1. The Labute approximate surface area is 194 Å². The predicted molar refractivity (Wildman–Crippen MR) is 118 cm³/mol. The Kier molecular flexibility index (Phi) is 7.03. The van der Waals surface area contributed by atoms with Crippen molar-refractivity contribution in [3.8, 4) is 11.6 Å². The van der Waals surface area contributed by atoms with Gasteiger partial charge in [-0.05, 0) is 21.5 Å². The Balaban J connectivity index is 2.00. The molecule has 0 atom stereocenters. The van der Waals surface area contributed by atoms with Gasteiger partial charge in [-0.2, -0.15) is 0 Å². The van der Waals surface area contributed by atoms with Crippen LogP contribution in [0.5, 0.6) is 11.6 Å². The fraction of sp³-hybridized carbons (Fsp3) is 0.111. The van der Waals surface area contributed by atoms with Crippen LogP contribution in [0.25, 0.3) is 0 Å². The van der Waals surface area contributed by atoms with Gasteiger partial charge in [0.1, 0.15) is 16.1 Å². The fourth-order valence-electron chi connectivity index (χ4n) is 2.64. The van der Waals surface area contributed by atoms with Crippen LogP contribution in [0.1, 0.15) is 5.56 Å². The van der Waals surface area contributed by atoms with E-state index in [0.29, 0.717) is 12.1 Å². The molecule has 1 aromatic heterocycles. The summed E-state index contributed by atoms with van der Waals surface area (Å²) >= 11 is 3.12. The van der Waals surface area contributed by atoms with E-state index in [2.05, 4.69) is 30.6 Å². The maximum absolute atomic E-state index is 12.9. The van der Waals surface area contributed by atoms with Crippen LogP contribution >= 0.6 is 15.9 Å². The molecular weight excluding hydrogens is 526 g/mol. The average Bonchev–Trinajstić information content (AvgIpc) is 2.78. The molecule has 0 amide bonds. The summed E-state index contributed by atoms with van der Waals surface area (Å²) in [5, 5.41) is 22.7. The zero-order valence-corrected chi connectivity index (χ0v) is 19.1. The van der Waals surface area contributed by atoms with Gasteiger partial charge in [-0.1, -0.05) is 30.3 Å². The van der Waals surface area contributed by atoms with E-state index in [0.717, 1.165) is 12.7 Å². The number of aromatic nitrogens is 2. The molecule has 0 saturated heterocycles. The maximum atomic E-state index is 12.9. The first-order chi connectivity index (χ1) is 15.6. The van der Waals surface area contributed by atoms with Crippen molar-refractivity contribution in [1.29, 1.82) is 0 Å². The second-order valence-electron chi connectivity index (χ2n) is 6.24. The quantitative estimate of drug-likeness (QED) is 0.312. The summed E-state index contributed by atoms with van der Waals surface area (Å²) in [5.74, 6) is -1.19. The van der Waals surface area contributed by atoms with E-state index in [-0.39, 0.29) is 22.9 Å². The highest BCUT2D eigenvalue weighted by molar-refractivity contribution is 9.10. The van der Waals surface area contributed by atoms with Crippen molar-refractivity contribution in [2.45, 2.75) is 11.5 Å². The summed E-state index contributed by atoms with van der Waals surface area (Å²) < 4.78 is 38.5. The molecule has 0 unspecified atom stereocenters. The van der Waals surface area contributed by atoms with Gasteiger partial charge in [0.05, 0.1) is 23.2 Å². The summed E-state index contributed by atoms with van der Waals surface area (Å²) in [6, 6.07) is 10.2. The van der Waals surface area contributed by atoms with Crippen molar-refractivity contribution < 1.29 is 27.7 Å². The molecule has 0 spiro atoms. The Morgan fingerprint density at radius 3 is 2.24 bits per heavy atom. The molecule has 2 aromatic carbocycles.